The van der Waals surface area contributed by atoms with Gasteiger partial charge in [0.15, 0.2) is 17.3 Å². The average molecular weight is 338 g/mol. The Morgan fingerprint density at radius 1 is 1.25 bits per heavy atom. The van der Waals surface area contributed by atoms with Crippen LogP contribution in [0.1, 0.15) is 5.69 Å². The summed E-state index contributed by atoms with van der Waals surface area (Å²) in [6.07, 6.45) is 3.14. The summed E-state index contributed by atoms with van der Waals surface area (Å²) >= 11 is 6.29. The first-order valence-electron chi connectivity index (χ1n) is 6.79. The second-order valence-corrected chi connectivity index (χ2v) is 5.34. The van der Waals surface area contributed by atoms with Gasteiger partial charge in [0, 0.05) is 17.0 Å². The topological polar surface area (TPSA) is 130 Å². The predicted octanol–water partition coefficient (Wildman–Crippen LogP) is 2.78. The van der Waals surface area contributed by atoms with Crippen molar-refractivity contribution in [2.45, 2.75) is 0 Å². The summed E-state index contributed by atoms with van der Waals surface area (Å²) in [5.41, 5.74) is 7.98. The first-order valence-corrected chi connectivity index (χ1v) is 7.17. The van der Waals surface area contributed by atoms with E-state index in [9.17, 15) is 5.26 Å². The zero-order valence-electron chi connectivity index (χ0n) is 12.0. The first-order chi connectivity index (χ1) is 11.7. The number of aromatic amines is 1. The molecule has 0 saturated carbocycles. The van der Waals surface area contributed by atoms with Crippen molar-refractivity contribution in [3.63, 3.8) is 0 Å². The number of aromatic nitrogens is 5. The molecule has 0 atom stereocenters. The molecule has 1 aromatic carbocycles. The van der Waals surface area contributed by atoms with Crippen LogP contribution in [0.25, 0.3) is 33.6 Å². The van der Waals surface area contributed by atoms with Crippen molar-refractivity contribution in [1.29, 1.82) is 5.26 Å². The fraction of sp³-hybridized carbons (Fsp3) is 0. The molecule has 8 nitrogen and oxygen atoms in total. The van der Waals surface area contributed by atoms with Crippen LogP contribution in [0.4, 0.5) is 5.82 Å². The van der Waals surface area contributed by atoms with Gasteiger partial charge in [0.1, 0.15) is 17.5 Å². The van der Waals surface area contributed by atoms with Gasteiger partial charge < -0.3 is 10.3 Å². The minimum Gasteiger partial charge on any atom is -0.381 e. The summed E-state index contributed by atoms with van der Waals surface area (Å²) in [5.74, 6) is 0.403. The highest BCUT2D eigenvalue weighted by atomic mass is 35.5. The third-order valence-corrected chi connectivity index (χ3v) is 3.77. The lowest BCUT2D eigenvalue weighted by molar-refractivity contribution is 0.431. The van der Waals surface area contributed by atoms with Gasteiger partial charge in [-0.25, -0.2) is 9.97 Å². The maximum Gasteiger partial charge on any atom is 0.187 e. The molecule has 0 aliphatic rings. The third-order valence-electron chi connectivity index (χ3n) is 3.47. The van der Waals surface area contributed by atoms with Gasteiger partial charge >= 0.3 is 0 Å². The number of hydrogen-bond donors (Lipinski definition) is 2. The molecule has 24 heavy (non-hydrogen) atoms. The summed E-state index contributed by atoms with van der Waals surface area (Å²) in [6, 6.07) is 7.12. The zero-order chi connectivity index (χ0) is 16.7. The molecular weight excluding hydrogens is 330 g/mol. The van der Waals surface area contributed by atoms with Crippen LogP contribution < -0.4 is 5.73 Å². The largest absolute Gasteiger partial charge is 0.381 e. The Hall–Kier alpha value is -3.44. The van der Waals surface area contributed by atoms with E-state index in [1.807, 2.05) is 12.1 Å². The van der Waals surface area contributed by atoms with Crippen molar-refractivity contribution in [2.75, 3.05) is 5.73 Å². The normalized spacial score (nSPS) is 10.8. The number of nitrogen functional groups attached to an aromatic ring is 1. The van der Waals surface area contributed by atoms with E-state index in [0.717, 1.165) is 5.39 Å². The van der Waals surface area contributed by atoms with Crippen LogP contribution in [-0.2, 0) is 0 Å². The van der Waals surface area contributed by atoms with Gasteiger partial charge in [0.25, 0.3) is 0 Å². The second kappa shape index (κ2) is 5.33. The highest BCUT2D eigenvalue weighted by molar-refractivity contribution is 6.35. The van der Waals surface area contributed by atoms with Crippen molar-refractivity contribution in [3.8, 4) is 28.8 Å². The van der Waals surface area contributed by atoms with Crippen LogP contribution in [-0.4, -0.2) is 25.3 Å². The minimum atomic E-state index is 0.0168. The average Bonchev–Trinajstić information content (AvgIpc) is 3.26. The highest BCUT2D eigenvalue weighted by Crippen LogP contribution is 2.34. The van der Waals surface area contributed by atoms with Gasteiger partial charge in [-0.1, -0.05) is 16.8 Å². The van der Waals surface area contributed by atoms with Crippen molar-refractivity contribution in [2.24, 2.45) is 0 Å². The Balaban J connectivity index is 2.03. The Morgan fingerprint density at radius 2 is 2.12 bits per heavy atom. The monoisotopic (exact) mass is 337 g/mol. The molecule has 0 amide bonds. The van der Waals surface area contributed by atoms with Crippen LogP contribution in [0, 0.1) is 11.3 Å². The molecule has 3 aromatic heterocycles. The molecule has 4 aromatic rings. The van der Waals surface area contributed by atoms with E-state index >= 15 is 0 Å². The maximum atomic E-state index is 9.20. The number of anilines is 1. The standard InChI is InChI=1S/C15H8ClN7O/c16-9-4-7(3-8-6-19-23-12(8)9)13-14(11-1-2-20-24-11)22-15(18)10(5-17)21-13/h1-4,6H,(H2,18,22)(H,19,23). The molecule has 0 spiro atoms. The Bertz CT molecular complexity index is 1100. The quantitative estimate of drug-likeness (QED) is 0.575. The number of H-pyrrole nitrogens is 1. The van der Waals surface area contributed by atoms with Crippen molar-refractivity contribution in [1.82, 2.24) is 25.3 Å². The SMILES string of the molecule is N#Cc1nc(-c2cc(Cl)c3[nH]ncc3c2)c(-c2ccno2)nc1N. The molecule has 3 heterocycles. The molecule has 9 heteroatoms. The number of halogens is 1. The fourth-order valence-corrected chi connectivity index (χ4v) is 2.66. The Labute approximate surface area is 139 Å². The second-order valence-electron chi connectivity index (χ2n) is 4.94. The number of nitriles is 1. The molecule has 0 bridgehead atoms. The van der Waals surface area contributed by atoms with Crippen LogP contribution in [0.2, 0.25) is 5.02 Å². The molecule has 0 saturated heterocycles. The van der Waals surface area contributed by atoms with E-state index in [4.69, 9.17) is 21.9 Å². The number of nitrogens with one attached hydrogen (secondary N) is 1. The number of nitrogens with two attached hydrogens (primary N) is 1. The molecule has 116 valence electrons. The van der Waals surface area contributed by atoms with E-state index in [1.54, 1.807) is 18.3 Å². The summed E-state index contributed by atoms with van der Waals surface area (Å²) in [4.78, 5) is 8.58. The van der Waals surface area contributed by atoms with Gasteiger partial charge in [-0.05, 0) is 12.1 Å². The van der Waals surface area contributed by atoms with Gasteiger partial charge in [-0.3, -0.25) is 5.10 Å². The van der Waals surface area contributed by atoms with E-state index in [2.05, 4.69) is 25.3 Å². The lowest BCUT2D eigenvalue weighted by Gasteiger charge is -2.09. The fourth-order valence-electron chi connectivity index (χ4n) is 2.39. The van der Waals surface area contributed by atoms with Gasteiger partial charge in [-0.2, -0.15) is 10.4 Å². The van der Waals surface area contributed by atoms with Crippen LogP contribution >= 0.6 is 11.6 Å². The molecule has 0 unspecified atom stereocenters. The molecule has 0 fully saturated rings. The summed E-state index contributed by atoms with van der Waals surface area (Å²) in [5, 5.41) is 20.9. The smallest absolute Gasteiger partial charge is 0.187 e. The molecule has 0 aliphatic heterocycles. The van der Waals surface area contributed by atoms with Crippen LogP contribution in [0.3, 0.4) is 0 Å². The number of fused-ring (bicyclic) bond motifs is 1. The van der Waals surface area contributed by atoms with Crippen molar-refractivity contribution < 1.29 is 4.52 Å². The first kappa shape index (κ1) is 14.2. The lowest BCUT2D eigenvalue weighted by atomic mass is 10.1. The molecule has 0 aliphatic carbocycles. The van der Waals surface area contributed by atoms with E-state index < -0.39 is 0 Å². The predicted molar refractivity (Wildman–Crippen MR) is 86.8 cm³/mol. The minimum absolute atomic E-state index is 0.0168. The molecular formula is C15H8ClN7O. The summed E-state index contributed by atoms with van der Waals surface area (Å²) in [7, 11) is 0. The number of rotatable bonds is 2. The van der Waals surface area contributed by atoms with Gasteiger partial charge in [-0.15, -0.1) is 0 Å². The Morgan fingerprint density at radius 3 is 2.88 bits per heavy atom. The maximum absolute atomic E-state index is 9.20. The number of nitrogens with zero attached hydrogens (tertiary/aromatic N) is 5. The van der Waals surface area contributed by atoms with Crippen molar-refractivity contribution in [3.05, 3.63) is 41.3 Å². The molecule has 0 radical (unpaired) electrons. The number of hydrogen-bond acceptors (Lipinski definition) is 7. The Kier molecular flexibility index (Phi) is 3.15. The highest BCUT2D eigenvalue weighted by Gasteiger charge is 2.19. The summed E-state index contributed by atoms with van der Waals surface area (Å²) in [6.45, 7) is 0. The molecule has 3 N–H and O–H groups in total. The van der Waals surface area contributed by atoms with E-state index in [-0.39, 0.29) is 11.5 Å². The van der Waals surface area contributed by atoms with E-state index in [1.165, 1.54) is 6.20 Å². The number of benzene rings is 1. The lowest BCUT2D eigenvalue weighted by Crippen LogP contribution is -2.02. The van der Waals surface area contributed by atoms with E-state index in [0.29, 0.717) is 33.3 Å². The summed E-state index contributed by atoms with van der Waals surface area (Å²) < 4.78 is 5.17. The van der Waals surface area contributed by atoms with Gasteiger partial charge in [0.2, 0.25) is 0 Å². The third kappa shape index (κ3) is 2.15. The van der Waals surface area contributed by atoms with Crippen LogP contribution in [0.15, 0.2) is 35.1 Å². The van der Waals surface area contributed by atoms with Crippen LogP contribution in [0.5, 0.6) is 0 Å². The zero-order valence-corrected chi connectivity index (χ0v) is 12.7. The molecule has 4 rings (SSSR count). The van der Waals surface area contributed by atoms with Gasteiger partial charge in [0.05, 0.1) is 22.9 Å². The van der Waals surface area contributed by atoms with Crippen molar-refractivity contribution >= 4 is 28.3 Å².